The fourth-order valence-electron chi connectivity index (χ4n) is 3.07. The van der Waals surface area contributed by atoms with Crippen molar-refractivity contribution >= 4 is 11.8 Å². The first-order valence-electron chi connectivity index (χ1n) is 8.52. The zero-order valence-electron chi connectivity index (χ0n) is 14.5. The third-order valence-electron chi connectivity index (χ3n) is 4.63. The van der Waals surface area contributed by atoms with Gasteiger partial charge in [-0.3, -0.25) is 0 Å². The number of hydrogen-bond donors (Lipinski definition) is 1. The van der Waals surface area contributed by atoms with Crippen LogP contribution in [0.3, 0.4) is 0 Å². The Balaban J connectivity index is 1.89. The van der Waals surface area contributed by atoms with E-state index in [1.165, 1.54) is 11.1 Å². The van der Waals surface area contributed by atoms with Crippen LogP contribution in [0.5, 0.6) is 0 Å². The van der Waals surface area contributed by atoms with Crippen LogP contribution in [0, 0.1) is 6.92 Å². The molecule has 23 heavy (non-hydrogen) atoms. The van der Waals surface area contributed by atoms with Crippen LogP contribution in [0.15, 0.2) is 30.3 Å². The highest BCUT2D eigenvalue weighted by Crippen LogP contribution is 2.28. The van der Waals surface area contributed by atoms with Gasteiger partial charge in [0, 0.05) is 30.4 Å². The number of hydrogen-bond acceptors (Lipinski definition) is 4. The Morgan fingerprint density at radius 2 is 2.00 bits per heavy atom. The number of aromatic nitrogens is 2. The summed E-state index contributed by atoms with van der Waals surface area (Å²) in [6, 6.07) is 11.6. The van der Waals surface area contributed by atoms with Crippen molar-refractivity contribution in [1.82, 2.24) is 9.97 Å². The third kappa shape index (κ3) is 3.46. The molecular weight excluding hydrogens is 284 g/mol. The van der Waals surface area contributed by atoms with Crippen molar-refractivity contribution in [2.75, 3.05) is 10.2 Å². The molecule has 0 aliphatic carbocycles. The maximum Gasteiger partial charge on any atom is 0.225 e. The highest BCUT2D eigenvalue weighted by Gasteiger charge is 2.24. The molecule has 122 valence electrons. The Bertz CT molecular complexity index is 683. The number of aryl methyl sites for hydroxylation is 1. The summed E-state index contributed by atoms with van der Waals surface area (Å²) in [5.41, 5.74) is 3.87. The van der Waals surface area contributed by atoms with Gasteiger partial charge in [0.25, 0.3) is 0 Å². The molecule has 0 bridgehead atoms. The molecule has 1 N–H and O–H groups in total. The van der Waals surface area contributed by atoms with E-state index in [-0.39, 0.29) is 0 Å². The van der Waals surface area contributed by atoms with Crippen LogP contribution in [0.25, 0.3) is 0 Å². The van der Waals surface area contributed by atoms with Gasteiger partial charge in [0.1, 0.15) is 5.82 Å². The van der Waals surface area contributed by atoms with Crippen molar-refractivity contribution in [3.05, 3.63) is 47.2 Å². The van der Waals surface area contributed by atoms with Crippen molar-refractivity contribution in [2.24, 2.45) is 0 Å². The molecule has 2 heterocycles. The zero-order chi connectivity index (χ0) is 16.4. The van der Waals surface area contributed by atoms with E-state index in [1.54, 1.807) is 0 Å². The minimum absolute atomic E-state index is 0.379. The number of rotatable bonds is 4. The molecule has 3 rings (SSSR count). The Morgan fingerprint density at radius 3 is 2.74 bits per heavy atom. The summed E-state index contributed by atoms with van der Waals surface area (Å²) in [4.78, 5) is 11.7. The predicted octanol–water partition coefficient (Wildman–Crippen LogP) is 3.95. The number of nitrogens with zero attached hydrogens (tertiary/aromatic N) is 3. The van der Waals surface area contributed by atoms with E-state index in [9.17, 15) is 0 Å². The van der Waals surface area contributed by atoms with Crippen LogP contribution in [0.1, 0.15) is 44.0 Å². The van der Waals surface area contributed by atoms with Gasteiger partial charge in [0.05, 0.1) is 0 Å². The second kappa shape index (κ2) is 6.57. The number of nitrogens with one attached hydrogen (secondary N) is 1. The fraction of sp³-hybridized carbons (Fsp3) is 0.474. The summed E-state index contributed by atoms with van der Waals surface area (Å²) >= 11 is 0. The lowest BCUT2D eigenvalue weighted by Gasteiger charge is -2.36. The van der Waals surface area contributed by atoms with E-state index in [4.69, 9.17) is 4.98 Å². The first kappa shape index (κ1) is 15.8. The van der Waals surface area contributed by atoms with E-state index in [0.717, 1.165) is 36.8 Å². The van der Waals surface area contributed by atoms with Crippen molar-refractivity contribution in [1.29, 1.82) is 0 Å². The van der Waals surface area contributed by atoms with Crippen LogP contribution in [-0.2, 0) is 13.0 Å². The summed E-state index contributed by atoms with van der Waals surface area (Å²) in [6.45, 7) is 9.55. The molecule has 4 nitrogen and oxygen atoms in total. The molecule has 0 spiro atoms. The maximum absolute atomic E-state index is 4.77. The van der Waals surface area contributed by atoms with Gasteiger partial charge >= 0.3 is 0 Å². The summed E-state index contributed by atoms with van der Waals surface area (Å²) < 4.78 is 0. The first-order chi connectivity index (χ1) is 11.1. The Morgan fingerprint density at radius 1 is 1.26 bits per heavy atom. The van der Waals surface area contributed by atoms with Gasteiger partial charge < -0.3 is 10.2 Å². The Labute approximate surface area is 139 Å². The van der Waals surface area contributed by atoms with Gasteiger partial charge in [-0.15, -0.1) is 0 Å². The largest absolute Gasteiger partial charge is 0.352 e. The molecule has 2 aromatic rings. The molecule has 0 unspecified atom stereocenters. The second-order valence-electron chi connectivity index (χ2n) is 6.59. The molecule has 4 heteroatoms. The lowest BCUT2D eigenvalue weighted by Crippen LogP contribution is -2.39. The van der Waals surface area contributed by atoms with Crippen molar-refractivity contribution in [2.45, 2.75) is 59.2 Å². The SMILES string of the molecule is CC[C@H](C)Nc1nc(C)cc(N2Cc3ccccc3C[C@H]2C)n1. The van der Waals surface area contributed by atoms with Gasteiger partial charge in [0.2, 0.25) is 5.95 Å². The van der Waals surface area contributed by atoms with Crippen molar-refractivity contribution in [3.63, 3.8) is 0 Å². The molecule has 2 atom stereocenters. The molecule has 1 aliphatic heterocycles. The van der Waals surface area contributed by atoms with Crippen LogP contribution < -0.4 is 10.2 Å². The molecular formula is C19H26N4. The average molecular weight is 310 g/mol. The molecule has 1 aliphatic rings. The molecule has 0 fully saturated rings. The van der Waals surface area contributed by atoms with E-state index in [1.807, 2.05) is 6.92 Å². The van der Waals surface area contributed by atoms with Gasteiger partial charge in [-0.1, -0.05) is 31.2 Å². The standard InChI is InChI=1S/C19H26N4/c1-5-13(2)20-19-21-14(3)10-18(22-19)23-12-17-9-7-6-8-16(17)11-15(23)4/h6-10,13,15H,5,11-12H2,1-4H3,(H,20,21,22)/t13-,15+/m0/s1. The summed E-state index contributed by atoms with van der Waals surface area (Å²) in [5, 5.41) is 3.40. The smallest absolute Gasteiger partial charge is 0.225 e. The van der Waals surface area contributed by atoms with Crippen LogP contribution in [0.4, 0.5) is 11.8 Å². The zero-order valence-corrected chi connectivity index (χ0v) is 14.5. The molecule has 0 saturated carbocycles. The van der Waals surface area contributed by atoms with Crippen LogP contribution in [-0.4, -0.2) is 22.1 Å². The van der Waals surface area contributed by atoms with Crippen molar-refractivity contribution < 1.29 is 0 Å². The van der Waals surface area contributed by atoms with Crippen LogP contribution >= 0.6 is 0 Å². The lowest BCUT2D eigenvalue weighted by atomic mass is 9.95. The maximum atomic E-state index is 4.77. The molecule has 1 aromatic carbocycles. The van der Waals surface area contributed by atoms with E-state index in [0.29, 0.717) is 12.1 Å². The van der Waals surface area contributed by atoms with Crippen LogP contribution in [0.2, 0.25) is 0 Å². The first-order valence-corrected chi connectivity index (χ1v) is 8.52. The highest BCUT2D eigenvalue weighted by molar-refractivity contribution is 5.49. The third-order valence-corrected chi connectivity index (χ3v) is 4.63. The second-order valence-corrected chi connectivity index (χ2v) is 6.59. The van der Waals surface area contributed by atoms with Gasteiger partial charge in [-0.05, 0) is 44.7 Å². The van der Waals surface area contributed by atoms with Gasteiger partial charge in [0.15, 0.2) is 0 Å². The molecule has 0 radical (unpaired) electrons. The molecule has 0 saturated heterocycles. The average Bonchev–Trinajstić information content (AvgIpc) is 2.53. The lowest BCUT2D eigenvalue weighted by molar-refractivity contribution is 0.586. The normalized spacial score (nSPS) is 18.4. The predicted molar refractivity (Wildman–Crippen MR) is 95.9 cm³/mol. The minimum atomic E-state index is 0.379. The number of anilines is 2. The van der Waals surface area contributed by atoms with Crippen molar-refractivity contribution in [3.8, 4) is 0 Å². The molecule has 0 amide bonds. The van der Waals surface area contributed by atoms with E-state index >= 15 is 0 Å². The highest BCUT2D eigenvalue weighted by atomic mass is 15.2. The summed E-state index contributed by atoms with van der Waals surface area (Å²) in [5.74, 6) is 1.76. The Kier molecular flexibility index (Phi) is 4.51. The fourth-order valence-corrected chi connectivity index (χ4v) is 3.07. The Hall–Kier alpha value is -2.10. The summed E-state index contributed by atoms with van der Waals surface area (Å²) in [6.07, 6.45) is 2.12. The van der Waals surface area contributed by atoms with Gasteiger partial charge in [-0.25, -0.2) is 4.98 Å². The van der Waals surface area contributed by atoms with E-state index < -0.39 is 0 Å². The summed E-state index contributed by atoms with van der Waals surface area (Å²) in [7, 11) is 0. The molecule has 1 aromatic heterocycles. The monoisotopic (exact) mass is 310 g/mol. The quantitative estimate of drug-likeness (QED) is 0.928. The number of benzene rings is 1. The topological polar surface area (TPSA) is 41.1 Å². The minimum Gasteiger partial charge on any atom is -0.352 e. The van der Waals surface area contributed by atoms with Gasteiger partial charge in [-0.2, -0.15) is 4.98 Å². The number of fused-ring (bicyclic) bond motifs is 1. The van der Waals surface area contributed by atoms with E-state index in [2.05, 4.69) is 66.3 Å².